The Morgan fingerprint density at radius 3 is 2.67 bits per heavy atom. The average Bonchev–Trinajstić information content (AvgIpc) is 3.21. The van der Waals surface area contributed by atoms with Gasteiger partial charge < -0.3 is 29.3 Å². The van der Waals surface area contributed by atoms with Crippen molar-refractivity contribution in [1.29, 1.82) is 0 Å². The highest BCUT2D eigenvalue weighted by Crippen LogP contribution is 2.46. The SMILES string of the molecule is CC1=C[C@H]2C(=O)O[C@H]3C[C@@H](C/C=C(/C)C[C@@H](C)/C=C\C=C4CO[C@H](/C1=N/O)[C@@]42O)O[C@@]1(CC[C@H](C)[C@@H](C)O1)C3. The summed E-state index contributed by atoms with van der Waals surface area (Å²) in [5, 5.41) is 25.2. The molecule has 0 aromatic carbocycles. The summed E-state index contributed by atoms with van der Waals surface area (Å²) in [5.41, 5.74) is 0.916. The van der Waals surface area contributed by atoms with Crippen molar-refractivity contribution in [3.8, 4) is 0 Å². The van der Waals surface area contributed by atoms with Gasteiger partial charge in [-0.2, -0.15) is 0 Å². The summed E-state index contributed by atoms with van der Waals surface area (Å²) in [6, 6.07) is 0. The first-order valence-corrected chi connectivity index (χ1v) is 14.4. The van der Waals surface area contributed by atoms with E-state index in [0.717, 1.165) is 19.3 Å². The predicted molar refractivity (Wildman–Crippen MR) is 146 cm³/mol. The van der Waals surface area contributed by atoms with Crippen LogP contribution in [0.5, 0.6) is 0 Å². The zero-order valence-corrected chi connectivity index (χ0v) is 23.8. The van der Waals surface area contributed by atoms with Crippen molar-refractivity contribution in [2.75, 3.05) is 6.61 Å². The molecule has 9 atom stereocenters. The molecule has 2 N–H and O–H groups in total. The van der Waals surface area contributed by atoms with E-state index in [2.05, 4.69) is 45.0 Å². The molecule has 4 heterocycles. The molecule has 0 aromatic heterocycles. The lowest BCUT2D eigenvalue weighted by Gasteiger charge is -2.49. The van der Waals surface area contributed by atoms with E-state index in [-0.39, 0.29) is 30.4 Å². The summed E-state index contributed by atoms with van der Waals surface area (Å²) in [7, 11) is 0. The fourth-order valence-corrected chi connectivity index (χ4v) is 6.85. The van der Waals surface area contributed by atoms with Gasteiger partial charge in [-0.15, -0.1) is 0 Å². The van der Waals surface area contributed by atoms with Crippen LogP contribution in [0.2, 0.25) is 0 Å². The Morgan fingerprint density at radius 1 is 1.13 bits per heavy atom. The van der Waals surface area contributed by atoms with Crippen LogP contribution in [0.3, 0.4) is 0 Å². The van der Waals surface area contributed by atoms with E-state index < -0.39 is 35.5 Å². The zero-order chi connectivity index (χ0) is 27.9. The second-order valence-electron chi connectivity index (χ2n) is 12.4. The van der Waals surface area contributed by atoms with E-state index in [9.17, 15) is 15.1 Å². The first-order valence-electron chi connectivity index (χ1n) is 14.4. The molecule has 4 aliphatic heterocycles. The molecule has 0 amide bonds. The van der Waals surface area contributed by atoms with Gasteiger partial charge in [0, 0.05) is 19.3 Å². The number of allylic oxidation sites excluding steroid dienone is 4. The molecule has 1 spiro atoms. The fraction of sp³-hybridized carbons (Fsp3) is 0.677. The van der Waals surface area contributed by atoms with Crippen LogP contribution in [0.1, 0.15) is 73.1 Å². The molecular weight excluding hydrogens is 498 g/mol. The standard InChI is InChI=1S/C31H43NO7/c1-18-7-6-8-23-17-36-28-27(32-35)21(4)14-26(31(23,28)34)29(33)37-25-15-24(10-9-19(2)13-18)39-30(16-25)12-11-20(3)22(5)38-30/h6-9,14,18,20,22,24-26,28,34-35H,10-13,15-17H2,1-5H3/b7-6-,19-9-,23-8?,32-27+/t18-,20-,22+,24+,25-,26-,28+,30-,31+/m0/s1. The number of aliphatic hydroxyl groups is 1. The topological polar surface area (TPSA) is 107 Å². The number of rotatable bonds is 0. The zero-order valence-electron chi connectivity index (χ0n) is 23.8. The molecule has 0 unspecified atom stereocenters. The molecule has 1 aliphatic carbocycles. The molecule has 3 fully saturated rings. The van der Waals surface area contributed by atoms with Gasteiger partial charge in [-0.05, 0) is 63.0 Å². The molecule has 8 heteroatoms. The number of hydrogen-bond acceptors (Lipinski definition) is 8. The third kappa shape index (κ3) is 5.41. The van der Waals surface area contributed by atoms with E-state index >= 15 is 0 Å². The minimum atomic E-state index is -1.72. The summed E-state index contributed by atoms with van der Waals surface area (Å²) in [6.07, 6.45) is 12.6. The third-order valence-electron chi connectivity index (χ3n) is 9.25. The number of carbonyl (C=O) groups is 1. The maximum atomic E-state index is 13.9. The summed E-state index contributed by atoms with van der Waals surface area (Å²) in [6.45, 7) is 10.4. The van der Waals surface area contributed by atoms with Crippen molar-refractivity contribution >= 4 is 11.7 Å². The van der Waals surface area contributed by atoms with Crippen LogP contribution in [0.15, 0.2) is 52.3 Å². The number of ether oxygens (including phenoxy) is 4. The van der Waals surface area contributed by atoms with Crippen molar-refractivity contribution in [2.24, 2.45) is 22.9 Å². The summed E-state index contributed by atoms with van der Waals surface area (Å²) in [4.78, 5) is 13.9. The number of esters is 1. The molecular formula is C31H43NO7. The van der Waals surface area contributed by atoms with Gasteiger partial charge in [0.25, 0.3) is 0 Å². The maximum absolute atomic E-state index is 13.9. The highest BCUT2D eigenvalue weighted by atomic mass is 16.7. The molecule has 0 aromatic rings. The highest BCUT2D eigenvalue weighted by molar-refractivity contribution is 6.06. The molecule has 214 valence electrons. The molecule has 8 nitrogen and oxygen atoms in total. The summed E-state index contributed by atoms with van der Waals surface area (Å²) in [5.74, 6) is -1.62. The van der Waals surface area contributed by atoms with Crippen LogP contribution >= 0.6 is 0 Å². The normalized spacial score (nSPS) is 46.5. The quantitative estimate of drug-likeness (QED) is 0.192. The van der Waals surface area contributed by atoms with Gasteiger partial charge in [0.15, 0.2) is 5.79 Å². The Labute approximate surface area is 231 Å². The van der Waals surface area contributed by atoms with Crippen LogP contribution in [-0.4, -0.2) is 64.4 Å². The Kier molecular flexibility index (Phi) is 7.94. The van der Waals surface area contributed by atoms with Gasteiger partial charge in [-0.25, -0.2) is 0 Å². The van der Waals surface area contributed by atoms with E-state index in [1.165, 1.54) is 5.57 Å². The van der Waals surface area contributed by atoms with E-state index in [0.29, 0.717) is 36.3 Å². The van der Waals surface area contributed by atoms with Gasteiger partial charge in [-0.1, -0.05) is 55.0 Å². The van der Waals surface area contributed by atoms with Crippen LogP contribution in [0, 0.1) is 17.8 Å². The van der Waals surface area contributed by atoms with Crippen molar-refractivity contribution in [1.82, 2.24) is 0 Å². The van der Waals surface area contributed by atoms with Gasteiger partial charge in [-0.3, -0.25) is 4.79 Å². The van der Waals surface area contributed by atoms with Crippen molar-refractivity contribution in [3.63, 3.8) is 0 Å². The second-order valence-corrected chi connectivity index (χ2v) is 12.4. The number of fused-ring (bicyclic) bond motifs is 2. The molecule has 3 saturated heterocycles. The molecule has 0 saturated carbocycles. The number of hydrogen-bond donors (Lipinski definition) is 2. The largest absolute Gasteiger partial charge is 0.462 e. The average molecular weight is 542 g/mol. The molecule has 5 aliphatic rings. The number of nitrogens with zero attached hydrogens (tertiary/aromatic N) is 1. The fourth-order valence-electron chi connectivity index (χ4n) is 6.85. The van der Waals surface area contributed by atoms with E-state index in [1.54, 1.807) is 13.0 Å². The Balaban J connectivity index is 1.53. The first kappa shape index (κ1) is 28.3. The summed E-state index contributed by atoms with van der Waals surface area (Å²) >= 11 is 0. The smallest absolute Gasteiger partial charge is 0.316 e. The lowest BCUT2D eigenvalue weighted by molar-refractivity contribution is -0.332. The van der Waals surface area contributed by atoms with Gasteiger partial charge >= 0.3 is 5.97 Å². The monoisotopic (exact) mass is 541 g/mol. The predicted octanol–water partition coefficient (Wildman–Crippen LogP) is 5.00. The number of oxime groups is 1. The lowest BCUT2D eigenvalue weighted by Crippen LogP contribution is -2.57. The Bertz CT molecular complexity index is 1120. The Morgan fingerprint density at radius 2 is 1.92 bits per heavy atom. The minimum Gasteiger partial charge on any atom is -0.462 e. The van der Waals surface area contributed by atoms with Crippen LogP contribution in [0.4, 0.5) is 0 Å². The van der Waals surface area contributed by atoms with Gasteiger partial charge in [0.05, 0.1) is 18.8 Å². The van der Waals surface area contributed by atoms with Gasteiger partial charge in [0.2, 0.25) is 0 Å². The molecule has 2 bridgehead atoms. The van der Waals surface area contributed by atoms with Crippen molar-refractivity contribution < 1.29 is 34.1 Å². The van der Waals surface area contributed by atoms with Crippen LogP contribution < -0.4 is 0 Å². The second kappa shape index (κ2) is 11.0. The summed E-state index contributed by atoms with van der Waals surface area (Å²) < 4.78 is 25.3. The van der Waals surface area contributed by atoms with Crippen LogP contribution in [-0.2, 0) is 23.7 Å². The molecule has 39 heavy (non-hydrogen) atoms. The number of carbonyl (C=O) groups excluding carboxylic acids is 1. The van der Waals surface area contributed by atoms with Gasteiger partial charge in [0.1, 0.15) is 29.4 Å². The highest BCUT2D eigenvalue weighted by Gasteiger charge is 2.59. The van der Waals surface area contributed by atoms with Crippen LogP contribution in [0.25, 0.3) is 0 Å². The first-order chi connectivity index (χ1) is 18.5. The molecule has 5 rings (SSSR count). The maximum Gasteiger partial charge on any atom is 0.316 e. The van der Waals surface area contributed by atoms with E-state index in [4.69, 9.17) is 18.9 Å². The van der Waals surface area contributed by atoms with E-state index in [1.807, 2.05) is 12.2 Å². The Hall–Kier alpha value is -2.26. The molecule has 0 radical (unpaired) electrons. The third-order valence-corrected chi connectivity index (χ3v) is 9.25. The lowest BCUT2D eigenvalue weighted by atomic mass is 9.71. The van der Waals surface area contributed by atoms with Crippen molar-refractivity contribution in [2.45, 2.75) is 109 Å². The van der Waals surface area contributed by atoms with Crippen molar-refractivity contribution in [3.05, 3.63) is 47.1 Å². The minimum absolute atomic E-state index is 0.0431.